The zero-order valence-corrected chi connectivity index (χ0v) is 22.0. The smallest absolute Gasteiger partial charge is 0.416 e. The average Bonchev–Trinajstić information content (AvgIpc) is 2.93. The van der Waals surface area contributed by atoms with E-state index in [0.717, 1.165) is 6.07 Å². The number of hydrogen-bond donors (Lipinski definition) is 0. The maximum absolute atomic E-state index is 13.4. The molecule has 3 aromatic heterocycles. The monoisotopic (exact) mass is 596 g/mol. The number of carbonyl (C=O) groups is 2. The Morgan fingerprint density at radius 3 is 2.26 bits per heavy atom. The van der Waals surface area contributed by atoms with Gasteiger partial charge in [-0.3, -0.25) is 14.0 Å². The number of hydrogen-bond acceptors (Lipinski definition) is 6. The number of alkyl halides is 6. The molecule has 0 saturated carbocycles. The molecule has 1 aromatic carbocycles. The van der Waals surface area contributed by atoms with Crippen molar-refractivity contribution in [2.24, 2.45) is 4.99 Å². The van der Waals surface area contributed by atoms with E-state index in [-0.39, 0.29) is 61.1 Å². The molecule has 0 aliphatic heterocycles. The predicted molar refractivity (Wildman–Crippen MR) is 136 cm³/mol. The van der Waals surface area contributed by atoms with Crippen LogP contribution in [0.4, 0.5) is 26.3 Å². The van der Waals surface area contributed by atoms with Gasteiger partial charge in [-0.05, 0) is 49.7 Å². The summed E-state index contributed by atoms with van der Waals surface area (Å²) in [4.78, 5) is 47.8. The van der Waals surface area contributed by atoms with E-state index in [1.807, 2.05) is 0 Å². The van der Waals surface area contributed by atoms with Gasteiger partial charge < -0.3 is 14.0 Å². The summed E-state index contributed by atoms with van der Waals surface area (Å²) in [5.41, 5.74) is -5.79. The minimum absolute atomic E-state index is 0.0399. The van der Waals surface area contributed by atoms with Gasteiger partial charge in [0.05, 0.1) is 23.1 Å². The molecule has 0 N–H and O–H groups in total. The van der Waals surface area contributed by atoms with Gasteiger partial charge in [-0.2, -0.15) is 31.3 Å². The lowest BCUT2D eigenvalue weighted by Crippen LogP contribution is -2.33. The minimum Gasteiger partial charge on any atom is -0.462 e. The summed E-state index contributed by atoms with van der Waals surface area (Å²) in [6.07, 6.45) is -8.74. The van der Waals surface area contributed by atoms with Gasteiger partial charge in [0.15, 0.2) is 5.49 Å². The van der Waals surface area contributed by atoms with Crippen molar-refractivity contribution in [3.8, 4) is 0 Å². The van der Waals surface area contributed by atoms with E-state index in [2.05, 4.69) is 9.98 Å². The molecule has 0 bridgehead atoms. The molecular formula is C27H22F6N4O5. The molecule has 3 heterocycles. The van der Waals surface area contributed by atoms with Gasteiger partial charge in [0.25, 0.3) is 11.5 Å². The molecule has 1 amide bonds. The molecule has 42 heavy (non-hydrogen) atoms. The molecule has 0 spiro atoms. The molecule has 0 saturated heterocycles. The Kier molecular flexibility index (Phi) is 8.52. The summed E-state index contributed by atoms with van der Waals surface area (Å²) >= 11 is 0. The number of carbonyl (C=O) groups excluding carboxylic acids is 2. The van der Waals surface area contributed by atoms with Crippen molar-refractivity contribution >= 4 is 28.6 Å². The minimum atomic E-state index is -5.21. The molecule has 15 heteroatoms. The van der Waals surface area contributed by atoms with Crippen LogP contribution < -0.4 is 11.0 Å². The summed E-state index contributed by atoms with van der Waals surface area (Å²) in [6, 6.07) is 6.13. The van der Waals surface area contributed by atoms with Crippen LogP contribution in [0.15, 0.2) is 58.4 Å². The van der Waals surface area contributed by atoms with Crippen molar-refractivity contribution in [2.75, 3.05) is 20.3 Å². The van der Waals surface area contributed by atoms with Crippen molar-refractivity contribution in [1.82, 2.24) is 14.0 Å². The quantitative estimate of drug-likeness (QED) is 0.133. The Balaban J connectivity index is 2.09. The summed E-state index contributed by atoms with van der Waals surface area (Å²) in [5, 5.41) is -0.0796. The molecular weight excluding hydrogens is 574 g/mol. The molecule has 0 atom stereocenters. The highest BCUT2D eigenvalue weighted by Gasteiger charge is 2.37. The van der Waals surface area contributed by atoms with Crippen LogP contribution in [-0.4, -0.2) is 46.2 Å². The number of nitrogens with zero attached hydrogens (tertiary/aromatic N) is 4. The van der Waals surface area contributed by atoms with Crippen LogP contribution in [0.3, 0.4) is 0 Å². The van der Waals surface area contributed by atoms with Gasteiger partial charge in [0.2, 0.25) is 0 Å². The summed E-state index contributed by atoms with van der Waals surface area (Å²) in [6.45, 7) is 1.46. The third-order valence-corrected chi connectivity index (χ3v) is 6.06. The number of aryl methyl sites for hydroxylation is 1. The van der Waals surface area contributed by atoms with E-state index in [9.17, 15) is 40.7 Å². The van der Waals surface area contributed by atoms with Gasteiger partial charge in [-0.1, -0.05) is 6.07 Å². The molecule has 9 nitrogen and oxygen atoms in total. The zero-order chi connectivity index (χ0) is 30.8. The van der Waals surface area contributed by atoms with Crippen molar-refractivity contribution in [3.63, 3.8) is 0 Å². The zero-order valence-electron chi connectivity index (χ0n) is 22.0. The fraction of sp³-hybridized carbons (Fsp3) is 0.296. The average molecular weight is 596 g/mol. The first kappa shape index (κ1) is 30.4. The van der Waals surface area contributed by atoms with E-state index in [1.54, 1.807) is 12.1 Å². The largest absolute Gasteiger partial charge is 0.462 e. The molecule has 4 rings (SSSR count). The summed E-state index contributed by atoms with van der Waals surface area (Å²) < 4.78 is 93.1. The predicted octanol–water partition coefficient (Wildman–Crippen LogP) is 4.64. The van der Waals surface area contributed by atoms with Gasteiger partial charge in [-0.25, -0.2) is 9.78 Å². The van der Waals surface area contributed by atoms with Gasteiger partial charge in [0, 0.05) is 32.0 Å². The lowest BCUT2D eigenvalue weighted by Gasteiger charge is -2.15. The summed E-state index contributed by atoms with van der Waals surface area (Å²) in [7, 11) is 1.41. The van der Waals surface area contributed by atoms with Crippen LogP contribution >= 0.6 is 0 Å². The number of aromatic nitrogens is 3. The number of benzene rings is 1. The lowest BCUT2D eigenvalue weighted by molar-refractivity contribution is -0.143. The second-order valence-corrected chi connectivity index (χ2v) is 8.89. The maximum atomic E-state index is 13.4. The van der Waals surface area contributed by atoms with Crippen LogP contribution in [0.25, 0.3) is 16.7 Å². The first-order chi connectivity index (χ1) is 19.8. The molecule has 4 aromatic rings. The third kappa shape index (κ3) is 6.20. The molecule has 0 fully saturated rings. The third-order valence-electron chi connectivity index (χ3n) is 6.06. The number of rotatable bonds is 7. The second-order valence-electron chi connectivity index (χ2n) is 8.89. The number of esters is 1. The van der Waals surface area contributed by atoms with Crippen molar-refractivity contribution in [3.05, 3.63) is 86.8 Å². The molecule has 0 radical (unpaired) electrons. The number of fused-ring (bicyclic) bond motifs is 2. The topological polar surface area (TPSA) is 104 Å². The molecule has 0 aliphatic carbocycles. The van der Waals surface area contributed by atoms with Crippen molar-refractivity contribution < 1.29 is 45.4 Å². The normalized spacial score (nSPS) is 12.7. The number of ether oxygens (including phenoxy) is 2. The standard InChI is InChI=1S/C27H22F6N4O5/c1-3-42-25(40)19-14-18-21(34-20-7-4-5-8-36(20)24(18)39)37(9-6-10-41-2)22(19)35-23(38)15-11-16(26(28,29)30)13-17(12-15)27(31,32)33/h4-5,7-8,11-14H,3,6,9-10H2,1-2H3. The van der Waals surface area contributed by atoms with E-state index in [1.165, 1.54) is 35.3 Å². The Hall–Kier alpha value is -4.53. The SMILES string of the molecule is CCOC(=O)c1cc2c(=O)n3ccccc3nc2n(CCCOC)c1=NC(=O)c1cc(C(F)(F)F)cc(C(F)(F)F)c1. The highest BCUT2D eigenvalue weighted by molar-refractivity contribution is 5.97. The van der Waals surface area contributed by atoms with E-state index in [0.29, 0.717) is 0 Å². The Bertz CT molecular complexity index is 1780. The van der Waals surface area contributed by atoms with Crippen LogP contribution in [0.2, 0.25) is 0 Å². The number of halogens is 6. The second kappa shape index (κ2) is 11.8. The van der Waals surface area contributed by atoms with Crippen LogP contribution in [0.5, 0.6) is 0 Å². The maximum Gasteiger partial charge on any atom is 0.416 e. The van der Waals surface area contributed by atoms with Crippen LogP contribution in [0, 0.1) is 0 Å². The highest BCUT2D eigenvalue weighted by Crippen LogP contribution is 2.36. The fourth-order valence-electron chi connectivity index (χ4n) is 4.18. The van der Waals surface area contributed by atoms with Gasteiger partial charge in [-0.15, -0.1) is 0 Å². The Labute approximate surface area is 232 Å². The van der Waals surface area contributed by atoms with Crippen LogP contribution in [0.1, 0.15) is 45.2 Å². The van der Waals surface area contributed by atoms with E-state index in [4.69, 9.17) is 9.47 Å². The fourth-order valence-corrected chi connectivity index (χ4v) is 4.18. The van der Waals surface area contributed by atoms with E-state index >= 15 is 0 Å². The van der Waals surface area contributed by atoms with Crippen molar-refractivity contribution in [2.45, 2.75) is 32.2 Å². The number of methoxy groups -OCH3 is 1. The summed E-state index contributed by atoms with van der Waals surface area (Å²) in [5.74, 6) is -2.54. The van der Waals surface area contributed by atoms with Gasteiger partial charge >= 0.3 is 18.3 Å². The Morgan fingerprint density at radius 2 is 1.67 bits per heavy atom. The molecule has 0 aliphatic rings. The highest BCUT2D eigenvalue weighted by atomic mass is 19.4. The van der Waals surface area contributed by atoms with Crippen LogP contribution in [-0.2, 0) is 28.4 Å². The number of amides is 1. The lowest BCUT2D eigenvalue weighted by atomic mass is 10.0. The first-order valence-corrected chi connectivity index (χ1v) is 12.4. The van der Waals surface area contributed by atoms with E-state index < -0.39 is 57.5 Å². The van der Waals surface area contributed by atoms with Crippen molar-refractivity contribution in [1.29, 1.82) is 0 Å². The first-order valence-electron chi connectivity index (χ1n) is 12.4. The molecule has 0 unspecified atom stereocenters. The molecule has 222 valence electrons. The van der Waals surface area contributed by atoms with Gasteiger partial charge in [0.1, 0.15) is 16.9 Å². The number of pyridine rings is 2. The Morgan fingerprint density at radius 1 is 1.00 bits per heavy atom.